The van der Waals surface area contributed by atoms with Crippen LogP contribution in [0.25, 0.3) is 0 Å². The predicted molar refractivity (Wildman–Crippen MR) is 69.3 cm³/mol. The van der Waals surface area contributed by atoms with E-state index in [-0.39, 0.29) is 18.4 Å². The molecule has 1 saturated carbocycles. The maximum atomic E-state index is 11.7. The number of hydrogen-bond acceptors (Lipinski definition) is 3. The lowest BCUT2D eigenvalue weighted by atomic mass is 10.1. The van der Waals surface area contributed by atoms with Gasteiger partial charge in [-0.25, -0.2) is 0 Å². The first-order chi connectivity index (χ1) is 8.49. The zero-order valence-electron chi connectivity index (χ0n) is 11.2. The first-order valence-electron chi connectivity index (χ1n) is 6.73. The van der Waals surface area contributed by atoms with E-state index in [1.165, 1.54) is 0 Å². The van der Waals surface area contributed by atoms with Crippen LogP contribution in [0.15, 0.2) is 0 Å². The van der Waals surface area contributed by atoms with Gasteiger partial charge in [0.15, 0.2) is 0 Å². The molecule has 0 heterocycles. The largest absolute Gasteiger partial charge is 0.481 e. The molecule has 18 heavy (non-hydrogen) atoms. The first kappa shape index (κ1) is 15.0. The highest BCUT2D eigenvalue weighted by Crippen LogP contribution is 2.34. The van der Waals surface area contributed by atoms with Gasteiger partial charge in [-0.2, -0.15) is 0 Å². The Labute approximate surface area is 108 Å². The molecule has 1 rings (SSSR count). The van der Waals surface area contributed by atoms with Crippen molar-refractivity contribution < 1.29 is 14.7 Å². The zero-order valence-corrected chi connectivity index (χ0v) is 11.2. The second-order valence-corrected chi connectivity index (χ2v) is 5.32. The standard InChI is InChI=1S/C13H24N2O3/c1-9(2)14-7-3-4-12(16)15-11(8-13(17)18)10-5-6-10/h9-11,14H,3-8H2,1-2H3,(H,15,16)(H,17,18). The van der Waals surface area contributed by atoms with Gasteiger partial charge in [-0.15, -0.1) is 0 Å². The van der Waals surface area contributed by atoms with Crippen molar-refractivity contribution >= 4 is 11.9 Å². The van der Waals surface area contributed by atoms with Gasteiger partial charge in [0.05, 0.1) is 6.42 Å². The number of aliphatic carboxylic acids is 1. The van der Waals surface area contributed by atoms with Crippen LogP contribution in [0.3, 0.4) is 0 Å². The van der Waals surface area contributed by atoms with Crippen molar-refractivity contribution in [3.05, 3.63) is 0 Å². The predicted octanol–water partition coefficient (Wildman–Crippen LogP) is 1.13. The molecular weight excluding hydrogens is 232 g/mol. The SMILES string of the molecule is CC(C)NCCCC(=O)NC(CC(=O)O)C1CC1. The fourth-order valence-corrected chi connectivity index (χ4v) is 1.94. The van der Waals surface area contributed by atoms with Crippen molar-refractivity contribution in [2.45, 2.75) is 58.0 Å². The number of carbonyl (C=O) groups is 2. The second-order valence-electron chi connectivity index (χ2n) is 5.32. The summed E-state index contributed by atoms with van der Waals surface area (Å²) in [4.78, 5) is 22.4. The third-order valence-electron chi connectivity index (χ3n) is 3.07. The van der Waals surface area contributed by atoms with Gasteiger partial charge < -0.3 is 15.7 Å². The minimum atomic E-state index is -0.839. The lowest BCUT2D eigenvalue weighted by molar-refractivity contribution is -0.137. The monoisotopic (exact) mass is 256 g/mol. The van der Waals surface area contributed by atoms with Crippen LogP contribution in [0, 0.1) is 5.92 Å². The average Bonchev–Trinajstić information content (AvgIpc) is 3.06. The number of carbonyl (C=O) groups excluding carboxylic acids is 1. The summed E-state index contributed by atoms with van der Waals surface area (Å²) in [6.45, 7) is 4.95. The number of carboxylic acids is 1. The van der Waals surface area contributed by atoms with E-state index in [1.807, 2.05) is 0 Å². The molecule has 0 bridgehead atoms. The molecule has 1 aliphatic rings. The smallest absolute Gasteiger partial charge is 0.305 e. The summed E-state index contributed by atoms with van der Waals surface area (Å²) in [5, 5.41) is 14.9. The molecule has 0 spiro atoms. The van der Waals surface area contributed by atoms with E-state index in [4.69, 9.17) is 5.11 Å². The van der Waals surface area contributed by atoms with Crippen LogP contribution >= 0.6 is 0 Å². The summed E-state index contributed by atoms with van der Waals surface area (Å²) in [6, 6.07) is 0.257. The molecule has 5 nitrogen and oxygen atoms in total. The summed E-state index contributed by atoms with van der Waals surface area (Å²) in [5.74, 6) is -0.494. The van der Waals surface area contributed by atoms with Gasteiger partial charge >= 0.3 is 5.97 Å². The maximum absolute atomic E-state index is 11.7. The maximum Gasteiger partial charge on any atom is 0.305 e. The van der Waals surface area contributed by atoms with E-state index in [1.54, 1.807) is 0 Å². The van der Waals surface area contributed by atoms with Crippen molar-refractivity contribution in [1.82, 2.24) is 10.6 Å². The summed E-state index contributed by atoms with van der Waals surface area (Å²) < 4.78 is 0. The summed E-state index contributed by atoms with van der Waals surface area (Å²) in [6.07, 6.45) is 3.36. The van der Waals surface area contributed by atoms with Crippen LogP contribution in [0.4, 0.5) is 0 Å². The Morgan fingerprint density at radius 2 is 2.00 bits per heavy atom. The Hall–Kier alpha value is -1.10. The van der Waals surface area contributed by atoms with Gasteiger partial charge in [0.2, 0.25) is 5.91 Å². The van der Waals surface area contributed by atoms with Crippen LogP contribution in [0.5, 0.6) is 0 Å². The zero-order chi connectivity index (χ0) is 13.5. The van der Waals surface area contributed by atoms with E-state index in [0.717, 1.165) is 25.8 Å². The third-order valence-corrected chi connectivity index (χ3v) is 3.07. The van der Waals surface area contributed by atoms with E-state index in [9.17, 15) is 9.59 Å². The molecule has 0 aromatic rings. The van der Waals surface area contributed by atoms with Crippen molar-refractivity contribution in [2.75, 3.05) is 6.54 Å². The van der Waals surface area contributed by atoms with Crippen LogP contribution < -0.4 is 10.6 Å². The fourth-order valence-electron chi connectivity index (χ4n) is 1.94. The molecule has 104 valence electrons. The van der Waals surface area contributed by atoms with Gasteiger partial charge in [-0.3, -0.25) is 9.59 Å². The Balaban J connectivity index is 2.18. The molecule has 1 aliphatic carbocycles. The van der Waals surface area contributed by atoms with E-state index in [0.29, 0.717) is 18.4 Å². The first-order valence-corrected chi connectivity index (χ1v) is 6.73. The van der Waals surface area contributed by atoms with E-state index >= 15 is 0 Å². The highest BCUT2D eigenvalue weighted by Gasteiger charge is 2.33. The Bertz CT molecular complexity index is 288. The minimum Gasteiger partial charge on any atom is -0.481 e. The van der Waals surface area contributed by atoms with Gasteiger partial charge in [0.25, 0.3) is 0 Å². The molecule has 1 atom stereocenters. The normalized spacial score (nSPS) is 16.6. The summed E-state index contributed by atoms with van der Waals surface area (Å²) >= 11 is 0. The lowest BCUT2D eigenvalue weighted by Gasteiger charge is -2.16. The van der Waals surface area contributed by atoms with Crippen molar-refractivity contribution in [3.63, 3.8) is 0 Å². The summed E-state index contributed by atoms with van der Waals surface area (Å²) in [7, 11) is 0. The molecule has 0 aromatic heterocycles. The molecule has 0 aliphatic heterocycles. The van der Waals surface area contributed by atoms with Crippen molar-refractivity contribution in [2.24, 2.45) is 5.92 Å². The molecule has 0 saturated heterocycles. The molecule has 0 aromatic carbocycles. The summed E-state index contributed by atoms with van der Waals surface area (Å²) in [5.41, 5.74) is 0. The Morgan fingerprint density at radius 1 is 1.33 bits per heavy atom. The second kappa shape index (κ2) is 7.36. The van der Waals surface area contributed by atoms with Crippen LogP contribution in [0.2, 0.25) is 0 Å². The fraction of sp³-hybridized carbons (Fsp3) is 0.846. The Morgan fingerprint density at radius 3 is 2.50 bits per heavy atom. The highest BCUT2D eigenvalue weighted by atomic mass is 16.4. The van der Waals surface area contributed by atoms with Crippen LogP contribution in [-0.4, -0.2) is 35.6 Å². The van der Waals surface area contributed by atoms with Gasteiger partial charge in [0, 0.05) is 18.5 Å². The molecule has 5 heteroatoms. The molecule has 1 unspecified atom stereocenters. The van der Waals surface area contributed by atoms with E-state index in [2.05, 4.69) is 24.5 Å². The van der Waals surface area contributed by atoms with Crippen LogP contribution in [-0.2, 0) is 9.59 Å². The van der Waals surface area contributed by atoms with Crippen LogP contribution in [0.1, 0.15) is 46.0 Å². The lowest BCUT2D eigenvalue weighted by Crippen LogP contribution is -2.38. The molecule has 1 fully saturated rings. The highest BCUT2D eigenvalue weighted by molar-refractivity contribution is 5.77. The molecular formula is C13H24N2O3. The van der Waals surface area contributed by atoms with Gasteiger partial charge in [0.1, 0.15) is 0 Å². The number of carboxylic acid groups (broad SMARTS) is 1. The van der Waals surface area contributed by atoms with Crippen molar-refractivity contribution in [3.8, 4) is 0 Å². The number of amides is 1. The minimum absolute atomic E-state index is 0.0290. The third kappa shape index (κ3) is 6.59. The number of rotatable bonds is 9. The average molecular weight is 256 g/mol. The van der Waals surface area contributed by atoms with Crippen molar-refractivity contribution in [1.29, 1.82) is 0 Å². The van der Waals surface area contributed by atoms with Gasteiger partial charge in [-0.1, -0.05) is 13.8 Å². The quantitative estimate of drug-likeness (QED) is 0.540. The van der Waals surface area contributed by atoms with E-state index < -0.39 is 5.97 Å². The number of nitrogens with one attached hydrogen (secondary N) is 2. The number of hydrogen-bond donors (Lipinski definition) is 3. The molecule has 3 N–H and O–H groups in total. The van der Waals surface area contributed by atoms with Gasteiger partial charge in [-0.05, 0) is 31.7 Å². The Kier molecular flexibility index (Phi) is 6.12. The topological polar surface area (TPSA) is 78.4 Å². The molecule has 0 radical (unpaired) electrons. The molecule has 1 amide bonds.